The molecule has 2 aliphatic rings. The van der Waals surface area contributed by atoms with Crippen LogP contribution < -0.4 is 19.3 Å². The van der Waals surface area contributed by atoms with E-state index in [2.05, 4.69) is 9.71 Å². The molecule has 174 valence electrons. The third kappa shape index (κ3) is 3.90. The highest BCUT2D eigenvalue weighted by Gasteiger charge is 2.30. The first-order valence-corrected chi connectivity index (χ1v) is 12.6. The van der Waals surface area contributed by atoms with Crippen molar-refractivity contribution in [3.8, 4) is 17.0 Å². The largest absolute Gasteiger partial charge is 0.482 e. The van der Waals surface area contributed by atoms with Gasteiger partial charge in [0.1, 0.15) is 5.75 Å². The van der Waals surface area contributed by atoms with Crippen LogP contribution in [0.5, 0.6) is 5.75 Å². The van der Waals surface area contributed by atoms with E-state index in [-0.39, 0.29) is 47.2 Å². The van der Waals surface area contributed by atoms with E-state index in [1.807, 2.05) is 0 Å². The molecule has 0 unspecified atom stereocenters. The van der Waals surface area contributed by atoms with Crippen molar-refractivity contribution < 1.29 is 27.5 Å². The number of likely N-dealkylation sites (N-methyl/N-ethyl adjacent to an activating group) is 1. The van der Waals surface area contributed by atoms with Gasteiger partial charge in [0.25, 0.3) is 15.9 Å². The lowest BCUT2D eigenvalue weighted by Crippen LogP contribution is -2.35. The molecule has 34 heavy (non-hydrogen) atoms. The molecule has 0 bridgehead atoms. The molecule has 0 aliphatic carbocycles. The Kier molecular flexibility index (Phi) is 5.33. The summed E-state index contributed by atoms with van der Waals surface area (Å²) in [5.74, 6) is -0.194. The Hall–Kier alpha value is -3.77. The number of thiazole rings is 1. The van der Waals surface area contributed by atoms with Crippen molar-refractivity contribution in [2.45, 2.75) is 17.7 Å². The highest BCUT2D eigenvalue weighted by atomic mass is 32.2. The zero-order valence-corrected chi connectivity index (χ0v) is 19.5. The van der Waals surface area contributed by atoms with Crippen LogP contribution in [0, 0.1) is 0 Å². The van der Waals surface area contributed by atoms with Crippen LogP contribution in [0.25, 0.3) is 11.3 Å². The van der Waals surface area contributed by atoms with E-state index in [0.717, 1.165) is 16.2 Å². The molecule has 3 amide bonds. The van der Waals surface area contributed by atoms with Gasteiger partial charge in [-0.15, -0.1) is 11.3 Å². The van der Waals surface area contributed by atoms with Gasteiger partial charge in [-0.05, 0) is 42.5 Å². The lowest BCUT2D eigenvalue weighted by atomic mass is 10.1. The average molecular weight is 499 g/mol. The van der Waals surface area contributed by atoms with Crippen molar-refractivity contribution in [2.75, 3.05) is 28.2 Å². The molecule has 0 atom stereocenters. The van der Waals surface area contributed by atoms with E-state index in [4.69, 9.17) is 4.74 Å². The molecule has 0 radical (unpaired) electrons. The van der Waals surface area contributed by atoms with Crippen molar-refractivity contribution >= 4 is 55.6 Å². The number of sulfonamides is 1. The Morgan fingerprint density at radius 3 is 2.41 bits per heavy atom. The Morgan fingerprint density at radius 2 is 1.71 bits per heavy atom. The molecule has 2 aliphatic heterocycles. The van der Waals surface area contributed by atoms with Gasteiger partial charge in [-0.25, -0.2) is 13.4 Å². The van der Waals surface area contributed by atoms with Gasteiger partial charge in [-0.1, -0.05) is 0 Å². The van der Waals surface area contributed by atoms with Crippen LogP contribution in [0.1, 0.15) is 12.8 Å². The van der Waals surface area contributed by atoms with Gasteiger partial charge < -0.3 is 9.64 Å². The fourth-order valence-corrected chi connectivity index (χ4v) is 5.67. The molecule has 3 aromatic rings. The second-order valence-corrected chi connectivity index (χ2v) is 10.2. The summed E-state index contributed by atoms with van der Waals surface area (Å²) in [6.07, 6.45) is 0.299. The average Bonchev–Trinajstić information content (AvgIpc) is 3.42. The highest BCUT2D eigenvalue weighted by Crippen LogP contribution is 2.36. The number of carbonyl (C=O) groups excluding carboxylic acids is 3. The van der Waals surface area contributed by atoms with Crippen molar-refractivity contribution in [2.24, 2.45) is 0 Å². The molecule has 1 N–H and O–H groups in total. The summed E-state index contributed by atoms with van der Waals surface area (Å²) in [5.41, 5.74) is 2.19. The van der Waals surface area contributed by atoms with Gasteiger partial charge >= 0.3 is 0 Å². The van der Waals surface area contributed by atoms with E-state index >= 15 is 0 Å². The van der Waals surface area contributed by atoms with Crippen LogP contribution >= 0.6 is 11.3 Å². The molecule has 2 aromatic carbocycles. The zero-order valence-electron chi connectivity index (χ0n) is 17.8. The number of nitrogens with one attached hydrogen (secondary N) is 1. The molecule has 1 saturated heterocycles. The Balaban J connectivity index is 1.35. The van der Waals surface area contributed by atoms with Gasteiger partial charge in [0, 0.05) is 30.8 Å². The fraction of sp³-hybridized carbons (Fsp3) is 0.182. The smallest absolute Gasteiger partial charge is 0.264 e. The number of benzene rings is 2. The van der Waals surface area contributed by atoms with E-state index in [1.165, 1.54) is 29.2 Å². The van der Waals surface area contributed by atoms with Crippen LogP contribution in [-0.2, 0) is 24.4 Å². The van der Waals surface area contributed by atoms with Crippen molar-refractivity contribution in [1.29, 1.82) is 0 Å². The van der Waals surface area contributed by atoms with E-state index in [0.29, 0.717) is 28.4 Å². The number of anilines is 3. The highest BCUT2D eigenvalue weighted by molar-refractivity contribution is 7.93. The first-order valence-electron chi connectivity index (χ1n) is 10.2. The minimum atomic E-state index is -3.94. The number of imide groups is 1. The summed E-state index contributed by atoms with van der Waals surface area (Å²) in [6, 6.07) is 10.8. The molecule has 10 nitrogen and oxygen atoms in total. The lowest BCUT2D eigenvalue weighted by molar-refractivity contribution is -0.122. The first-order chi connectivity index (χ1) is 16.2. The van der Waals surface area contributed by atoms with Gasteiger partial charge in [-0.3, -0.25) is 24.0 Å². The fourth-order valence-electron chi connectivity index (χ4n) is 3.70. The van der Waals surface area contributed by atoms with Gasteiger partial charge in [-0.2, -0.15) is 0 Å². The molecular formula is C22H18N4O6S2. The summed E-state index contributed by atoms with van der Waals surface area (Å²) >= 11 is 1.12. The molecule has 0 spiro atoms. The molecular weight excluding hydrogens is 480 g/mol. The minimum absolute atomic E-state index is 0.0168. The number of carbonyl (C=O) groups is 3. The van der Waals surface area contributed by atoms with Crippen LogP contribution in [0.15, 0.2) is 52.7 Å². The van der Waals surface area contributed by atoms with Crippen LogP contribution in [0.4, 0.5) is 16.5 Å². The number of hydrogen-bond acceptors (Lipinski definition) is 8. The Bertz CT molecular complexity index is 1420. The number of nitrogens with zero attached hydrogens (tertiary/aromatic N) is 3. The number of ether oxygens (including phenoxy) is 1. The number of fused-ring (bicyclic) bond motifs is 1. The molecule has 0 saturated carbocycles. The summed E-state index contributed by atoms with van der Waals surface area (Å²) < 4.78 is 33.5. The Labute approximate surface area is 198 Å². The number of aromatic nitrogens is 1. The standard InChI is InChI=1S/C22H18N4O6S2/c1-25-17-10-13(2-7-18(17)32-11-21(25)29)16-12-33-22(23-16)24-34(30,31)15-5-3-14(4-6-15)26-19(27)8-9-20(26)28/h2-7,10,12H,8-9,11H2,1H3,(H,23,24). The lowest BCUT2D eigenvalue weighted by Gasteiger charge is -2.26. The maximum Gasteiger partial charge on any atom is 0.264 e. The zero-order chi connectivity index (χ0) is 24.0. The van der Waals surface area contributed by atoms with Crippen molar-refractivity contribution in [3.05, 3.63) is 47.8 Å². The number of rotatable bonds is 5. The third-order valence-electron chi connectivity index (χ3n) is 5.52. The van der Waals surface area contributed by atoms with Crippen molar-refractivity contribution in [1.82, 2.24) is 4.98 Å². The maximum absolute atomic E-state index is 12.8. The molecule has 1 fully saturated rings. The number of amides is 3. The van der Waals surface area contributed by atoms with Crippen LogP contribution in [0.3, 0.4) is 0 Å². The SMILES string of the molecule is CN1C(=O)COc2ccc(-c3csc(NS(=O)(=O)c4ccc(N5C(=O)CCC5=O)cc4)n3)cc21. The van der Waals surface area contributed by atoms with E-state index in [9.17, 15) is 22.8 Å². The van der Waals surface area contributed by atoms with E-state index in [1.54, 1.807) is 30.6 Å². The van der Waals surface area contributed by atoms with Gasteiger partial charge in [0.2, 0.25) is 11.8 Å². The summed E-state index contributed by atoms with van der Waals surface area (Å²) in [4.78, 5) is 42.6. The van der Waals surface area contributed by atoms with Crippen LogP contribution in [0.2, 0.25) is 0 Å². The predicted octanol–water partition coefficient (Wildman–Crippen LogP) is 2.62. The third-order valence-corrected chi connectivity index (χ3v) is 7.77. The summed E-state index contributed by atoms with van der Waals surface area (Å²) in [7, 11) is -2.28. The summed E-state index contributed by atoms with van der Waals surface area (Å²) in [5, 5.41) is 1.88. The van der Waals surface area contributed by atoms with E-state index < -0.39 is 10.0 Å². The van der Waals surface area contributed by atoms with Gasteiger partial charge in [0.05, 0.1) is 22.0 Å². The molecule has 5 rings (SSSR count). The molecule has 3 heterocycles. The topological polar surface area (TPSA) is 126 Å². The monoisotopic (exact) mass is 498 g/mol. The minimum Gasteiger partial charge on any atom is -0.482 e. The molecule has 12 heteroatoms. The first kappa shape index (κ1) is 22.0. The predicted molar refractivity (Wildman–Crippen MR) is 125 cm³/mol. The van der Waals surface area contributed by atoms with Crippen LogP contribution in [-0.4, -0.2) is 44.8 Å². The van der Waals surface area contributed by atoms with Gasteiger partial charge in [0.15, 0.2) is 11.7 Å². The van der Waals surface area contributed by atoms with Crippen molar-refractivity contribution in [3.63, 3.8) is 0 Å². The normalized spacial score (nSPS) is 16.0. The summed E-state index contributed by atoms with van der Waals surface area (Å²) in [6.45, 7) is -0.0168. The Morgan fingerprint density at radius 1 is 1.00 bits per heavy atom. The molecule has 1 aromatic heterocycles. The quantitative estimate of drug-likeness (QED) is 0.536. The number of hydrogen-bond donors (Lipinski definition) is 1. The second kappa shape index (κ2) is 8.22. The second-order valence-electron chi connectivity index (χ2n) is 7.68. The maximum atomic E-state index is 12.8.